The summed E-state index contributed by atoms with van der Waals surface area (Å²) in [6, 6.07) is 11.2. The number of hydrogen-bond acceptors (Lipinski definition) is 4. The summed E-state index contributed by atoms with van der Waals surface area (Å²) >= 11 is 0. The first-order valence-corrected chi connectivity index (χ1v) is 9.96. The second-order valence-corrected chi connectivity index (χ2v) is 7.94. The first kappa shape index (κ1) is 20.2. The summed E-state index contributed by atoms with van der Waals surface area (Å²) in [5.41, 5.74) is 3.12. The van der Waals surface area contributed by atoms with E-state index in [2.05, 4.69) is 4.98 Å². The highest BCUT2D eigenvalue weighted by Crippen LogP contribution is 2.23. The van der Waals surface area contributed by atoms with Gasteiger partial charge in [-0.05, 0) is 36.5 Å². The number of ketones is 1. The fourth-order valence-corrected chi connectivity index (χ4v) is 3.65. The number of Topliss-reactive ketones (excluding diaryl/α,β-unsaturated/α-hetero) is 1. The second kappa shape index (κ2) is 9.11. The molecule has 1 atom stereocenters. The van der Waals surface area contributed by atoms with Crippen molar-refractivity contribution < 1.29 is 14.7 Å². The van der Waals surface area contributed by atoms with Crippen LogP contribution in [-0.2, 0) is 11.4 Å². The minimum Gasteiger partial charge on any atom is -0.392 e. The summed E-state index contributed by atoms with van der Waals surface area (Å²) in [6.45, 7) is 5.31. The maximum Gasteiger partial charge on any atom is 0.255 e. The summed E-state index contributed by atoms with van der Waals surface area (Å²) in [5, 5.41) is 9.14. The number of pyridine rings is 1. The van der Waals surface area contributed by atoms with Crippen molar-refractivity contribution in [1.82, 2.24) is 9.88 Å². The standard InChI is InChI=1S/C23H28N2O3/c1-16(2)12-22(27)20-4-3-11-25(14-20)23(28)19-9-10-21(24-13-19)18-7-5-17(15-26)6-8-18/h5-10,13,16,20,26H,3-4,11-12,14-15H2,1-2H3/t20-/m1/s1. The highest BCUT2D eigenvalue weighted by molar-refractivity contribution is 5.94. The molecule has 1 fully saturated rings. The molecule has 1 aliphatic rings. The van der Waals surface area contributed by atoms with Gasteiger partial charge in [0.15, 0.2) is 0 Å². The third kappa shape index (κ3) is 4.84. The van der Waals surface area contributed by atoms with Crippen molar-refractivity contribution in [2.45, 2.75) is 39.7 Å². The maximum absolute atomic E-state index is 12.9. The molecule has 1 aromatic carbocycles. The number of likely N-dealkylation sites (tertiary alicyclic amines) is 1. The predicted molar refractivity (Wildman–Crippen MR) is 109 cm³/mol. The highest BCUT2D eigenvalue weighted by Gasteiger charge is 2.29. The van der Waals surface area contributed by atoms with Gasteiger partial charge in [0.25, 0.3) is 5.91 Å². The number of benzene rings is 1. The van der Waals surface area contributed by atoms with Crippen molar-refractivity contribution in [3.05, 3.63) is 53.7 Å². The average Bonchev–Trinajstić information content (AvgIpc) is 2.73. The Balaban J connectivity index is 1.67. The lowest BCUT2D eigenvalue weighted by atomic mass is 9.89. The van der Waals surface area contributed by atoms with Gasteiger partial charge in [0, 0.05) is 37.2 Å². The first-order chi connectivity index (χ1) is 13.5. The van der Waals surface area contributed by atoms with Crippen LogP contribution in [0.15, 0.2) is 42.6 Å². The first-order valence-electron chi connectivity index (χ1n) is 9.96. The van der Waals surface area contributed by atoms with Gasteiger partial charge in [-0.2, -0.15) is 0 Å². The van der Waals surface area contributed by atoms with Gasteiger partial charge in [-0.15, -0.1) is 0 Å². The third-order valence-electron chi connectivity index (χ3n) is 5.22. The van der Waals surface area contributed by atoms with E-state index in [9.17, 15) is 9.59 Å². The monoisotopic (exact) mass is 380 g/mol. The number of aliphatic hydroxyl groups excluding tert-OH is 1. The zero-order valence-corrected chi connectivity index (χ0v) is 16.6. The number of nitrogens with zero attached hydrogens (tertiary/aromatic N) is 2. The number of piperidine rings is 1. The van der Waals surface area contributed by atoms with Crippen LogP contribution in [-0.4, -0.2) is 39.8 Å². The van der Waals surface area contributed by atoms with E-state index in [0.29, 0.717) is 31.0 Å². The summed E-state index contributed by atoms with van der Waals surface area (Å²) in [7, 11) is 0. The van der Waals surface area contributed by atoms with Crippen molar-refractivity contribution in [2.75, 3.05) is 13.1 Å². The van der Waals surface area contributed by atoms with Gasteiger partial charge >= 0.3 is 0 Å². The van der Waals surface area contributed by atoms with Crippen molar-refractivity contribution in [3.8, 4) is 11.3 Å². The van der Waals surface area contributed by atoms with Crippen LogP contribution in [0.5, 0.6) is 0 Å². The lowest BCUT2D eigenvalue weighted by Gasteiger charge is -2.32. The zero-order chi connectivity index (χ0) is 20.1. The van der Waals surface area contributed by atoms with Crippen LogP contribution in [0.1, 0.15) is 49.0 Å². The minimum absolute atomic E-state index is 0.0116. The lowest BCUT2D eigenvalue weighted by Crippen LogP contribution is -2.42. The molecule has 1 aromatic heterocycles. The van der Waals surface area contributed by atoms with E-state index >= 15 is 0 Å². The third-order valence-corrected chi connectivity index (χ3v) is 5.22. The molecule has 2 aromatic rings. The van der Waals surface area contributed by atoms with E-state index < -0.39 is 0 Å². The quantitative estimate of drug-likeness (QED) is 0.829. The molecule has 1 saturated heterocycles. The minimum atomic E-state index is -0.0586. The summed E-state index contributed by atoms with van der Waals surface area (Å²) < 4.78 is 0. The average molecular weight is 380 g/mol. The topological polar surface area (TPSA) is 70.5 Å². The van der Waals surface area contributed by atoms with Crippen LogP contribution in [0.2, 0.25) is 0 Å². The number of hydrogen-bond donors (Lipinski definition) is 1. The largest absolute Gasteiger partial charge is 0.392 e. The molecule has 0 aliphatic carbocycles. The lowest BCUT2D eigenvalue weighted by molar-refractivity contribution is -0.124. The number of rotatable bonds is 6. The summed E-state index contributed by atoms with van der Waals surface area (Å²) in [5.74, 6) is 0.517. The molecule has 1 N–H and O–H groups in total. The Labute approximate surface area is 166 Å². The molecule has 0 radical (unpaired) electrons. The SMILES string of the molecule is CC(C)CC(=O)[C@@H]1CCCN(C(=O)c2ccc(-c3ccc(CO)cc3)nc2)C1. The molecule has 1 aliphatic heterocycles. The number of amides is 1. The Kier molecular flexibility index (Phi) is 6.57. The molecule has 2 heterocycles. The van der Waals surface area contributed by atoms with E-state index in [1.807, 2.05) is 44.2 Å². The van der Waals surface area contributed by atoms with Gasteiger partial charge in [-0.25, -0.2) is 0 Å². The van der Waals surface area contributed by atoms with Gasteiger partial charge in [-0.3, -0.25) is 14.6 Å². The van der Waals surface area contributed by atoms with E-state index in [1.54, 1.807) is 17.2 Å². The van der Waals surface area contributed by atoms with Gasteiger partial charge in [0.05, 0.1) is 17.9 Å². The smallest absolute Gasteiger partial charge is 0.255 e. The van der Waals surface area contributed by atoms with Gasteiger partial charge < -0.3 is 10.0 Å². The maximum atomic E-state index is 12.9. The van der Waals surface area contributed by atoms with E-state index in [0.717, 1.165) is 29.7 Å². The molecule has 0 spiro atoms. The van der Waals surface area contributed by atoms with Gasteiger partial charge in [0.1, 0.15) is 5.78 Å². The number of aliphatic hydroxyl groups is 1. The van der Waals surface area contributed by atoms with Crippen LogP contribution in [0, 0.1) is 11.8 Å². The van der Waals surface area contributed by atoms with Crippen LogP contribution < -0.4 is 0 Å². The number of carbonyl (C=O) groups is 2. The summed E-state index contributed by atoms with van der Waals surface area (Å²) in [6.07, 6.45) is 3.93. The molecular formula is C23H28N2O3. The molecule has 148 valence electrons. The van der Waals surface area contributed by atoms with Crippen molar-refractivity contribution in [2.24, 2.45) is 11.8 Å². The normalized spacial score (nSPS) is 17.0. The molecule has 3 rings (SSSR count). The molecule has 0 bridgehead atoms. The molecule has 0 unspecified atom stereocenters. The number of carbonyl (C=O) groups excluding carboxylic acids is 2. The molecule has 1 amide bonds. The van der Waals surface area contributed by atoms with Crippen LogP contribution in [0.3, 0.4) is 0 Å². The van der Waals surface area contributed by atoms with Crippen LogP contribution in [0.25, 0.3) is 11.3 Å². The van der Waals surface area contributed by atoms with Crippen molar-refractivity contribution >= 4 is 11.7 Å². The molecule has 28 heavy (non-hydrogen) atoms. The van der Waals surface area contributed by atoms with E-state index in [-0.39, 0.29) is 24.2 Å². The van der Waals surface area contributed by atoms with Gasteiger partial charge in [0.2, 0.25) is 0 Å². The van der Waals surface area contributed by atoms with Crippen LogP contribution >= 0.6 is 0 Å². The highest BCUT2D eigenvalue weighted by atomic mass is 16.3. The Morgan fingerprint density at radius 2 is 1.93 bits per heavy atom. The molecular weight excluding hydrogens is 352 g/mol. The van der Waals surface area contributed by atoms with Gasteiger partial charge in [-0.1, -0.05) is 38.1 Å². The van der Waals surface area contributed by atoms with E-state index in [4.69, 9.17) is 5.11 Å². The zero-order valence-electron chi connectivity index (χ0n) is 16.6. The Hall–Kier alpha value is -2.53. The van der Waals surface area contributed by atoms with Crippen LogP contribution in [0.4, 0.5) is 0 Å². The summed E-state index contributed by atoms with van der Waals surface area (Å²) in [4.78, 5) is 31.5. The Morgan fingerprint density at radius 1 is 1.18 bits per heavy atom. The molecule has 5 nitrogen and oxygen atoms in total. The molecule has 0 saturated carbocycles. The predicted octanol–water partition coefficient (Wildman–Crippen LogP) is 3.71. The molecule has 5 heteroatoms. The fourth-order valence-electron chi connectivity index (χ4n) is 3.65. The Morgan fingerprint density at radius 3 is 2.54 bits per heavy atom. The second-order valence-electron chi connectivity index (χ2n) is 7.94. The number of aromatic nitrogens is 1. The van der Waals surface area contributed by atoms with E-state index in [1.165, 1.54) is 0 Å². The van der Waals surface area contributed by atoms with Crippen molar-refractivity contribution in [1.29, 1.82) is 0 Å². The van der Waals surface area contributed by atoms with Crippen molar-refractivity contribution in [3.63, 3.8) is 0 Å². The fraction of sp³-hybridized carbons (Fsp3) is 0.435. The Bertz CT molecular complexity index is 813.